The Balaban J connectivity index is 2.45. The predicted molar refractivity (Wildman–Crippen MR) is 50.2 cm³/mol. The van der Waals surface area contributed by atoms with Crippen molar-refractivity contribution in [2.45, 2.75) is 27.3 Å². The van der Waals surface area contributed by atoms with Crippen LogP contribution in [0.5, 0.6) is 0 Å². The lowest BCUT2D eigenvalue weighted by Crippen LogP contribution is -2.20. The second-order valence-corrected chi connectivity index (χ2v) is 3.00. The third-order valence-corrected chi connectivity index (χ3v) is 1.85. The van der Waals surface area contributed by atoms with E-state index in [1.165, 1.54) is 5.69 Å². The number of hydrogen-bond acceptors (Lipinski definition) is 2. The van der Waals surface area contributed by atoms with Crippen LogP contribution in [0.1, 0.15) is 18.3 Å². The zero-order chi connectivity index (χ0) is 8.97. The minimum Gasteiger partial charge on any atom is -0.315 e. The fraction of sp³-hybridized carbons (Fsp3) is 0.667. The van der Waals surface area contributed by atoms with E-state index in [1.807, 2.05) is 11.6 Å². The number of rotatable bonds is 4. The van der Waals surface area contributed by atoms with Crippen molar-refractivity contribution in [1.29, 1.82) is 0 Å². The van der Waals surface area contributed by atoms with Crippen LogP contribution < -0.4 is 5.32 Å². The molecule has 0 amide bonds. The van der Waals surface area contributed by atoms with Crippen molar-refractivity contribution in [3.8, 4) is 0 Å². The van der Waals surface area contributed by atoms with Gasteiger partial charge in [-0.1, -0.05) is 6.92 Å². The molecule has 12 heavy (non-hydrogen) atoms. The summed E-state index contributed by atoms with van der Waals surface area (Å²) in [5.41, 5.74) is 2.34. The summed E-state index contributed by atoms with van der Waals surface area (Å²) in [6.45, 7) is 9.22. The van der Waals surface area contributed by atoms with Crippen molar-refractivity contribution in [3.05, 3.63) is 17.5 Å². The van der Waals surface area contributed by atoms with E-state index in [4.69, 9.17) is 0 Å². The van der Waals surface area contributed by atoms with Gasteiger partial charge in [0.2, 0.25) is 0 Å². The van der Waals surface area contributed by atoms with Gasteiger partial charge >= 0.3 is 0 Å². The van der Waals surface area contributed by atoms with E-state index in [0.717, 1.165) is 25.3 Å². The summed E-state index contributed by atoms with van der Waals surface area (Å²) in [5, 5.41) is 7.63. The summed E-state index contributed by atoms with van der Waals surface area (Å²) in [5.74, 6) is 0. The van der Waals surface area contributed by atoms with E-state index in [2.05, 4.69) is 30.3 Å². The molecule has 0 spiro atoms. The average molecular weight is 167 g/mol. The van der Waals surface area contributed by atoms with Crippen molar-refractivity contribution in [2.24, 2.45) is 0 Å². The Morgan fingerprint density at radius 1 is 1.50 bits per heavy atom. The van der Waals surface area contributed by atoms with Crippen molar-refractivity contribution in [2.75, 3.05) is 13.1 Å². The molecular formula is C9H17N3. The number of hydrogen-bond donors (Lipinski definition) is 1. The zero-order valence-electron chi connectivity index (χ0n) is 8.09. The zero-order valence-corrected chi connectivity index (χ0v) is 8.09. The monoisotopic (exact) mass is 167 g/mol. The van der Waals surface area contributed by atoms with Gasteiger partial charge in [-0.25, -0.2) is 0 Å². The van der Waals surface area contributed by atoms with Gasteiger partial charge in [-0.3, -0.25) is 4.68 Å². The third-order valence-electron chi connectivity index (χ3n) is 1.85. The van der Waals surface area contributed by atoms with E-state index in [1.54, 1.807) is 0 Å². The standard InChI is InChI=1S/C9H17N3/c1-4-10-5-6-12-9(3)7-8(2)11-12/h7,10H,4-6H2,1-3H3. The Morgan fingerprint density at radius 2 is 2.25 bits per heavy atom. The number of nitrogens with zero attached hydrogens (tertiary/aromatic N) is 2. The summed E-state index contributed by atoms with van der Waals surface area (Å²) in [6.07, 6.45) is 0. The molecule has 1 aromatic rings. The highest BCUT2D eigenvalue weighted by molar-refractivity contribution is 5.06. The van der Waals surface area contributed by atoms with Crippen LogP contribution in [0.3, 0.4) is 0 Å². The topological polar surface area (TPSA) is 29.9 Å². The van der Waals surface area contributed by atoms with Crippen LogP contribution >= 0.6 is 0 Å². The molecule has 0 bridgehead atoms. The van der Waals surface area contributed by atoms with Gasteiger partial charge in [0.1, 0.15) is 0 Å². The van der Waals surface area contributed by atoms with Crippen LogP contribution in [0.25, 0.3) is 0 Å². The molecule has 68 valence electrons. The highest BCUT2D eigenvalue weighted by atomic mass is 15.3. The first-order valence-corrected chi connectivity index (χ1v) is 4.46. The number of aryl methyl sites for hydroxylation is 2. The second-order valence-electron chi connectivity index (χ2n) is 3.00. The predicted octanol–water partition coefficient (Wildman–Crippen LogP) is 1.11. The van der Waals surface area contributed by atoms with Gasteiger partial charge in [-0.2, -0.15) is 5.10 Å². The maximum Gasteiger partial charge on any atom is 0.0596 e. The number of nitrogens with one attached hydrogen (secondary N) is 1. The molecule has 3 heteroatoms. The molecular weight excluding hydrogens is 150 g/mol. The van der Waals surface area contributed by atoms with Crippen LogP contribution in [0, 0.1) is 13.8 Å². The highest BCUT2D eigenvalue weighted by Gasteiger charge is 1.98. The minimum absolute atomic E-state index is 0.966. The van der Waals surface area contributed by atoms with Gasteiger partial charge in [-0.05, 0) is 26.5 Å². The molecule has 3 nitrogen and oxygen atoms in total. The van der Waals surface area contributed by atoms with Gasteiger partial charge in [-0.15, -0.1) is 0 Å². The highest BCUT2D eigenvalue weighted by Crippen LogP contribution is 2.00. The van der Waals surface area contributed by atoms with Crippen LogP contribution in [0.4, 0.5) is 0 Å². The summed E-state index contributed by atoms with van der Waals surface area (Å²) in [6, 6.07) is 2.10. The maximum absolute atomic E-state index is 4.36. The molecule has 1 N–H and O–H groups in total. The van der Waals surface area contributed by atoms with E-state index >= 15 is 0 Å². The molecule has 1 rings (SSSR count). The van der Waals surface area contributed by atoms with Gasteiger partial charge in [0.05, 0.1) is 12.2 Å². The summed E-state index contributed by atoms with van der Waals surface area (Å²) >= 11 is 0. The van der Waals surface area contributed by atoms with Gasteiger partial charge in [0, 0.05) is 12.2 Å². The molecule has 0 fully saturated rings. The number of aromatic nitrogens is 2. The summed E-state index contributed by atoms with van der Waals surface area (Å²) in [7, 11) is 0. The lowest BCUT2D eigenvalue weighted by atomic mass is 10.4. The van der Waals surface area contributed by atoms with Crippen molar-refractivity contribution in [1.82, 2.24) is 15.1 Å². The van der Waals surface area contributed by atoms with Crippen LogP contribution in [-0.2, 0) is 6.54 Å². The lowest BCUT2D eigenvalue weighted by molar-refractivity contribution is 0.552. The first kappa shape index (κ1) is 9.26. The second kappa shape index (κ2) is 4.26. The molecule has 0 radical (unpaired) electrons. The van der Waals surface area contributed by atoms with E-state index in [9.17, 15) is 0 Å². The fourth-order valence-corrected chi connectivity index (χ4v) is 1.26. The Bertz CT molecular complexity index is 240. The Morgan fingerprint density at radius 3 is 2.75 bits per heavy atom. The lowest BCUT2D eigenvalue weighted by Gasteiger charge is -2.03. The van der Waals surface area contributed by atoms with Crippen molar-refractivity contribution >= 4 is 0 Å². The molecule has 0 aliphatic carbocycles. The van der Waals surface area contributed by atoms with Gasteiger partial charge in [0.25, 0.3) is 0 Å². The largest absolute Gasteiger partial charge is 0.315 e. The molecule has 0 saturated heterocycles. The van der Waals surface area contributed by atoms with Gasteiger partial charge < -0.3 is 5.32 Å². The SMILES string of the molecule is CCNCCn1nc(C)cc1C. The van der Waals surface area contributed by atoms with E-state index < -0.39 is 0 Å². The average Bonchev–Trinajstić information content (AvgIpc) is 2.31. The first-order chi connectivity index (χ1) is 5.74. The smallest absolute Gasteiger partial charge is 0.0596 e. The summed E-state index contributed by atoms with van der Waals surface area (Å²) < 4.78 is 2.04. The quantitative estimate of drug-likeness (QED) is 0.681. The third kappa shape index (κ3) is 2.34. The van der Waals surface area contributed by atoms with Crippen LogP contribution in [-0.4, -0.2) is 22.9 Å². The van der Waals surface area contributed by atoms with E-state index in [0.29, 0.717) is 0 Å². The molecule has 0 saturated carbocycles. The van der Waals surface area contributed by atoms with Crippen molar-refractivity contribution in [3.63, 3.8) is 0 Å². The molecule has 1 aromatic heterocycles. The fourth-order valence-electron chi connectivity index (χ4n) is 1.26. The molecule has 1 heterocycles. The summed E-state index contributed by atoms with van der Waals surface area (Å²) in [4.78, 5) is 0. The maximum atomic E-state index is 4.36. The molecule has 0 atom stereocenters. The van der Waals surface area contributed by atoms with Crippen molar-refractivity contribution < 1.29 is 0 Å². The van der Waals surface area contributed by atoms with Crippen LogP contribution in [0.2, 0.25) is 0 Å². The molecule has 0 aliphatic heterocycles. The van der Waals surface area contributed by atoms with Crippen LogP contribution in [0.15, 0.2) is 6.07 Å². The van der Waals surface area contributed by atoms with E-state index in [-0.39, 0.29) is 0 Å². The molecule has 0 unspecified atom stereocenters. The Kier molecular flexibility index (Phi) is 3.29. The molecule has 0 aromatic carbocycles. The Labute approximate surface area is 73.8 Å². The first-order valence-electron chi connectivity index (χ1n) is 4.46. The number of likely N-dealkylation sites (N-methyl/N-ethyl adjacent to an activating group) is 1. The Hall–Kier alpha value is -0.830. The van der Waals surface area contributed by atoms with Gasteiger partial charge in [0.15, 0.2) is 0 Å². The normalized spacial score (nSPS) is 10.6. The molecule has 0 aliphatic rings. The minimum atomic E-state index is 0.966.